The van der Waals surface area contributed by atoms with Gasteiger partial charge in [0, 0.05) is 13.0 Å². The average Bonchev–Trinajstić information content (AvgIpc) is 2.79. The Morgan fingerprint density at radius 1 is 1.33 bits per heavy atom. The van der Waals surface area contributed by atoms with E-state index < -0.39 is 28.8 Å². The van der Waals surface area contributed by atoms with Crippen LogP contribution in [-0.4, -0.2) is 46.2 Å². The van der Waals surface area contributed by atoms with Gasteiger partial charge in [0.2, 0.25) is 0 Å². The monoisotopic (exact) mass is 296 g/mol. The summed E-state index contributed by atoms with van der Waals surface area (Å²) in [6, 6.07) is 0. The van der Waals surface area contributed by atoms with E-state index >= 15 is 0 Å². The van der Waals surface area contributed by atoms with Crippen molar-refractivity contribution < 1.29 is 24.5 Å². The minimum absolute atomic E-state index is 0.00243. The van der Waals surface area contributed by atoms with Gasteiger partial charge in [-0.1, -0.05) is 19.1 Å². The molecule has 0 aromatic heterocycles. The van der Waals surface area contributed by atoms with Crippen molar-refractivity contribution in [2.75, 3.05) is 7.11 Å². The summed E-state index contributed by atoms with van der Waals surface area (Å²) < 4.78 is 11.3. The van der Waals surface area contributed by atoms with Crippen LogP contribution >= 0.6 is 0 Å². The van der Waals surface area contributed by atoms with Gasteiger partial charge >= 0.3 is 5.97 Å². The average molecular weight is 296 g/mol. The van der Waals surface area contributed by atoms with E-state index in [1.54, 1.807) is 26.0 Å². The van der Waals surface area contributed by atoms with Gasteiger partial charge in [0.15, 0.2) is 0 Å². The van der Waals surface area contributed by atoms with E-state index in [0.29, 0.717) is 12.8 Å². The second kappa shape index (κ2) is 4.31. The zero-order valence-electron chi connectivity index (χ0n) is 13.0. The topological polar surface area (TPSA) is 76.0 Å². The highest BCUT2D eigenvalue weighted by molar-refractivity contribution is 5.75. The lowest BCUT2D eigenvalue weighted by atomic mass is 9.70. The van der Waals surface area contributed by atoms with Crippen LogP contribution in [0.3, 0.4) is 0 Å². The number of hydrogen-bond donors (Lipinski definition) is 2. The van der Waals surface area contributed by atoms with Gasteiger partial charge in [-0.05, 0) is 26.7 Å². The van der Waals surface area contributed by atoms with E-state index in [1.165, 1.54) is 7.11 Å². The largest absolute Gasteiger partial charge is 0.461 e. The van der Waals surface area contributed by atoms with E-state index in [0.717, 1.165) is 0 Å². The van der Waals surface area contributed by atoms with Crippen molar-refractivity contribution in [2.24, 2.45) is 17.8 Å². The zero-order chi connectivity index (χ0) is 15.6. The standard InChI is InChI=1S/C16H24O5/c1-9-10-5-6-15(3,19)16(20-4)8-7-14(2,18)12(16)11(10)21-13(9)17/h7-12,18-19H,5-6H2,1-4H3/t9-,10+,11+,12+,14+,15+,16+/m1/s1. The molecule has 21 heavy (non-hydrogen) atoms. The molecule has 3 rings (SSSR count). The van der Waals surface area contributed by atoms with Crippen LogP contribution in [0.4, 0.5) is 0 Å². The van der Waals surface area contributed by atoms with Crippen LogP contribution in [0, 0.1) is 17.8 Å². The lowest BCUT2D eigenvalue weighted by Gasteiger charge is -2.47. The summed E-state index contributed by atoms with van der Waals surface area (Å²) in [5, 5.41) is 21.8. The maximum atomic E-state index is 12.0. The van der Waals surface area contributed by atoms with E-state index in [2.05, 4.69) is 0 Å². The number of esters is 1. The number of aliphatic hydroxyl groups is 2. The lowest BCUT2D eigenvalue weighted by molar-refractivity contribution is -0.201. The Labute approximate surface area is 124 Å². The molecule has 2 fully saturated rings. The van der Waals surface area contributed by atoms with Gasteiger partial charge in [-0.25, -0.2) is 0 Å². The van der Waals surface area contributed by atoms with Crippen molar-refractivity contribution in [2.45, 2.75) is 56.5 Å². The Morgan fingerprint density at radius 3 is 2.62 bits per heavy atom. The van der Waals surface area contributed by atoms with Crippen LogP contribution in [0.2, 0.25) is 0 Å². The first-order chi connectivity index (χ1) is 9.66. The summed E-state index contributed by atoms with van der Waals surface area (Å²) in [7, 11) is 1.54. The molecule has 1 heterocycles. The van der Waals surface area contributed by atoms with Crippen molar-refractivity contribution in [3.63, 3.8) is 0 Å². The summed E-state index contributed by atoms with van der Waals surface area (Å²) in [4.78, 5) is 12.0. The third-order valence-electron chi connectivity index (χ3n) is 5.92. The van der Waals surface area contributed by atoms with E-state index in [9.17, 15) is 15.0 Å². The highest BCUT2D eigenvalue weighted by atomic mass is 16.6. The molecule has 0 radical (unpaired) electrons. The second-order valence-electron chi connectivity index (χ2n) is 7.20. The van der Waals surface area contributed by atoms with E-state index in [1.807, 2.05) is 6.92 Å². The Balaban J connectivity index is 2.14. The maximum Gasteiger partial charge on any atom is 0.309 e. The SMILES string of the molecule is CO[C@@]12C=C[C@](C)(O)[C@@H]1[C@H]1OC(=O)[C@H](C)[C@@H]1CC[C@]2(C)O. The molecule has 1 saturated heterocycles. The van der Waals surface area contributed by atoms with Gasteiger partial charge in [-0.2, -0.15) is 0 Å². The number of carbonyl (C=O) groups is 1. The molecule has 0 spiro atoms. The molecule has 5 nitrogen and oxygen atoms in total. The molecule has 2 aliphatic carbocycles. The smallest absolute Gasteiger partial charge is 0.309 e. The van der Waals surface area contributed by atoms with E-state index in [4.69, 9.17) is 9.47 Å². The molecular weight excluding hydrogens is 272 g/mol. The van der Waals surface area contributed by atoms with Gasteiger partial charge < -0.3 is 19.7 Å². The Kier molecular flexibility index (Phi) is 3.08. The molecular formula is C16H24O5. The summed E-state index contributed by atoms with van der Waals surface area (Å²) >= 11 is 0. The van der Waals surface area contributed by atoms with Crippen LogP contribution in [0.1, 0.15) is 33.6 Å². The summed E-state index contributed by atoms with van der Waals surface area (Å²) in [6.45, 7) is 5.28. The molecule has 0 bridgehead atoms. The number of rotatable bonds is 1. The normalized spacial score (nSPS) is 55.8. The maximum absolute atomic E-state index is 12.0. The van der Waals surface area contributed by atoms with Crippen molar-refractivity contribution >= 4 is 5.97 Å². The highest BCUT2D eigenvalue weighted by Crippen LogP contribution is 2.56. The number of hydrogen-bond acceptors (Lipinski definition) is 5. The number of ether oxygens (including phenoxy) is 2. The molecule has 1 saturated carbocycles. The molecule has 7 atom stereocenters. The molecule has 0 aromatic rings. The Morgan fingerprint density at radius 2 is 2.00 bits per heavy atom. The van der Waals surface area contributed by atoms with Crippen LogP contribution in [0.25, 0.3) is 0 Å². The molecule has 0 amide bonds. The highest BCUT2D eigenvalue weighted by Gasteiger charge is 2.67. The first-order valence-corrected chi connectivity index (χ1v) is 7.57. The minimum atomic E-state index is -1.18. The minimum Gasteiger partial charge on any atom is -0.461 e. The number of fused-ring (bicyclic) bond motifs is 3. The third-order valence-corrected chi connectivity index (χ3v) is 5.92. The van der Waals surface area contributed by atoms with Crippen LogP contribution in [0.15, 0.2) is 12.2 Å². The van der Waals surface area contributed by atoms with Gasteiger partial charge in [0.05, 0.1) is 23.0 Å². The predicted octanol–water partition coefficient (Wildman–Crippen LogP) is 1.03. The van der Waals surface area contributed by atoms with Crippen LogP contribution in [-0.2, 0) is 14.3 Å². The predicted molar refractivity (Wildman–Crippen MR) is 75.4 cm³/mol. The molecule has 2 N–H and O–H groups in total. The second-order valence-corrected chi connectivity index (χ2v) is 7.20. The lowest BCUT2D eigenvalue weighted by Crippen LogP contribution is -2.61. The molecule has 0 unspecified atom stereocenters. The first kappa shape index (κ1) is 15.0. The molecule has 5 heteroatoms. The summed E-state index contributed by atoms with van der Waals surface area (Å²) in [5.41, 5.74) is -3.35. The molecule has 0 aromatic carbocycles. The number of carbonyl (C=O) groups excluding carboxylic acids is 1. The van der Waals surface area contributed by atoms with Gasteiger partial charge in [-0.3, -0.25) is 4.79 Å². The fraction of sp³-hybridized carbons (Fsp3) is 0.812. The Bertz CT molecular complexity index is 495. The molecule has 3 aliphatic rings. The molecule has 118 valence electrons. The van der Waals surface area contributed by atoms with Crippen LogP contribution in [0.5, 0.6) is 0 Å². The van der Waals surface area contributed by atoms with E-state index in [-0.39, 0.29) is 17.8 Å². The Hall–Kier alpha value is -0.910. The van der Waals surface area contributed by atoms with Crippen LogP contribution < -0.4 is 0 Å². The fourth-order valence-corrected chi connectivity index (χ4v) is 4.60. The third kappa shape index (κ3) is 1.77. The number of methoxy groups -OCH3 is 1. The quantitative estimate of drug-likeness (QED) is 0.558. The van der Waals surface area contributed by atoms with Crippen molar-refractivity contribution in [3.05, 3.63) is 12.2 Å². The van der Waals surface area contributed by atoms with Gasteiger partial charge in [-0.15, -0.1) is 0 Å². The summed E-state index contributed by atoms with van der Waals surface area (Å²) in [5.74, 6) is -0.946. The fourth-order valence-electron chi connectivity index (χ4n) is 4.60. The van der Waals surface area contributed by atoms with Crippen molar-refractivity contribution in [1.29, 1.82) is 0 Å². The first-order valence-electron chi connectivity index (χ1n) is 7.57. The van der Waals surface area contributed by atoms with Crippen molar-refractivity contribution in [1.82, 2.24) is 0 Å². The van der Waals surface area contributed by atoms with Crippen molar-refractivity contribution in [3.8, 4) is 0 Å². The summed E-state index contributed by atoms with van der Waals surface area (Å²) in [6.07, 6.45) is 4.15. The molecule has 1 aliphatic heterocycles. The van der Waals surface area contributed by atoms with Gasteiger partial charge in [0.25, 0.3) is 0 Å². The van der Waals surface area contributed by atoms with Gasteiger partial charge in [0.1, 0.15) is 11.7 Å². The zero-order valence-corrected chi connectivity index (χ0v) is 13.0.